The summed E-state index contributed by atoms with van der Waals surface area (Å²) in [6.45, 7) is 8.57. The Hall–Kier alpha value is -10.9. The molecule has 19 aromatic rings. The molecule has 0 fully saturated rings. The van der Waals surface area contributed by atoms with Crippen molar-refractivity contribution in [2.45, 2.75) is 51.1 Å². The van der Waals surface area contributed by atoms with Crippen LogP contribution in [0.5, 0.6) is 0 Å². The molecule has 12 heteroatoms. The lowest BCUT2D eigenvalue weighted by atomic mass is 9.74. The van der Waals surface area contributed by atoms with E-state index in [0.717, 1.165) is 140 Å². The van der Waals surface area contributed by atoms with Gasteiger partial charge in [0.15, 0.2) is 0 Å². The minimum atomic E-state index is -4.83. The highest BCUT2D eigenvalue weighted by molar-refractivity contribution is 7.26. The second kappa shape index (κ2) is 20.8. The quantitative estimate of drug-likeness (QED) is 0.135. The Morgan fingerprint density at radius 3 is 0.949 bits per heavy atom. The highest BCUT2D eigenvalue weighted by Crippen LogP contribution is 2.59. The zero-order valence-corrected chi connectivity index (χ0v) is 54.9. The zero-order valence-electron chi connectivity index (χ0n) is 53.3. The van der Waals surface area contributed by atoms with Crippen molar-refractivity contribution >= 4 is 150 Å². The minimum absolute atomic E-state index is 0.222. The highest BCUT2D eigenvalue weighted by Gasteiger charge is 2.45. The maximum Gasteiger partial charge on any atom is 0.416 e. The molecule has 0 saturated heterocycles. The summed E-state index contributed by atoms with van der Waals surface area (Å²) in [5.41, 5.74) is 5.60. The van der Waals surface area contributed by atoms with Crippen LogP contribution in [0.1, 0.15) is 49.9 Å². The molecule has 0 aliphatic heterocycles. The van der Waals surface area contributed by atoms with Crippen LogP contribution in [-0.4, -0.2) is 18.3 Å². The molecule has 0 bridgehead atoms. The maximum atomic E-state index is 16.3. The van der Waals surface area contributed by atoms with E-state index < -0.39 is 34.6 Å². The first-order chi connectivity index (χ1) is 47.5. The second-order valence-electron chi connectivity index (χ2n) is 26.8. The number of halogens is 6. The molecule has 0 spiro atoms. The van der Waals surface area contributed by atoms with Gasteiger partial charge in [-0.05, 0) is 141 Å². The molecule has 0 unspecified atom stereocenters. The number of nitrogens with zero attached hydrogens (tertiary/aromatic N) is 4. The van der Waals surface area contributed by atoms with Crippen molar-refractivity contribution in [1.82, 2.24) is 18.3 Å². The van der Waals surface area contributed by atoms with Gasteiger partial charge in [-0.2, -0.15) is 26.3 Å². The molecule has 13 aromatic carbocycles. The van der Waals surface area contributed by atoms with E-state index in [-0.39, 0.29) is 11.1 Å². The van der Waals surface area contributed by atoms with E-state index in [1.807, 2.05) is 72.8 Å². The standard InChI is InChI=1S/C86H56F6N4S2/c1-83(2,95-63-37-15-5-27-53(63)54-28-6-16-38-64(54)95)79-73(49-23-21-25-51(47-49)85(87,88)89)81(93-61-35-13-9-31-57(61)75-67(93)43-45-71-77(75)59-33-11-19-41-69(59)97-71)80(84(3,4)96-65-39-17-7-29-55(65)56-30-8-18-40-66(56)96)82(74(79)50-24-22-26-52(48-50)86(90,91)92)94-62-36-14-10-32-58(62)76-68(94)44-46-72-78(76)60-34-12-20-42-70(60)98-72/h5-48H,1-4H3. The fraction of sp³-hybridized carbons (Fsp3) is 0.0930. The summed E-state index contributed by atoms with van der Waals surface area (Å²) < 4.78 is 111. The van der Waals surface area contributed by atoms with Crippen LogP contribution in [0.25, 0.3) is 161 Å². The van der Waals surface area contributed by atoms with Crippen molar-refractivity contribution in [1.29, 1.82) is 0 Å². The van der Waals surface area contributed by atoms with Gasteiger partial charge in [0, 0.05) is 122 Å². The first-order valence-electron chi connectivity index (χ1n) is 32.7. The Morgan fingerprint density at radius 2 is 0.582 bits per heavy atom. The molecule has 6 heterocycles. The molecule has 98 heavy (non-hydrogen) atoms. The van der Waals surface area contributed by atoms with Gasteiger partial charge in [0.05, 0.1) is 55.6 Å². The molecular formula is C86H56F6N4S2. The first kappa shape index (κ1) is 58.4. The van der Waals surface area contributed by atoms with E-state index in [9.17, 15) is 0 Å². The van der Waals surface area contributed by atoms with Gasteiger partial charge in [-0.15, -0.1) is 22.7 Å². The molecule has 4 nitrogen and oxygen atoms in total. The molecular weight excluding hydrogens is 1270 g/mol. The molecule has 0 aliphatic carbocycles. The number of para-hydroxylation sites is 6. The van der Waals surface area contributed by atoms with E-state index in [1.54, 1.807) is 34.8 Å². The van der Waals surface area contributed by atoms with Gasteiger partial charge in [-0.1, -0.05) is 170 Å². The van der Waals surface area contributed by atoms with Crippen LogP contribution >= 0.6 is 22.7 Å². The summed E-state index contributed by atoms with van der Waals surface area (Å²) in [4.78, 5) is 0. The lowest BCUT2D eigenvalue weighted by molar-refractivity contribution is -0.138. The molecule has 6 aromatic heterocycles. The van der Waals surface area contributed by atoms with Gasteiger partial charge >= 0.3 is 12.4 Å². The molecule has 0 saturated carbocycles. The number of rotatable bonds is 8. The number of thiophene rings is 2. The molecule has 0 atom stereocenters. The van der Waals surface area contributed by atoms with Crippen LogP contribution in [0.15, 0.2) is 267 Å². The molecule has 0 radical (unpaired) electrons. The third-order valence-electron chi connectivity index (χ3n) is 20.7. The third-order valence-corrected chi connectivity index (χ3v) is 23.0. The number of hydrogen-bond acceptors (Lipinski definition) is 2. The van der Waals surface area contributed by atoms with Crippen LogP contribution in [0.3, 0.4) is 0 Å². The molecule has 0 amide bonds. The number of aromatic nitrogens is 4. The summed E-state index contributed by atoms with van der Waals surface area (Å²) in [6.07, 6.45) is -9.65. The molecule has 0 N–H and O–H groups in total. The fourth-order valence-corrected chi connectivity index (χ4v) is 19.2. The summed E-state index contributed by atoms with van der Waals surface area (Å²) >= 11 is 3.42. The van der Waals surface area contributed by atoms with Crippen molar-refractivity contribution < 1.29 is 26.3 Å². The van der Waals surface area contributed by atoms with Crippen LogP contribution in [-0.2, 0) is 23.4 Å². The Bertz CT molecular complexity index is 6240. The first-order valence-corrected chi connectivity index (χ1v) is 34.3. The smallest absolute Gasteiger partial charge is 0.331 e. The van der Waals surface area contributed by atoms with Gasteiger partial charge in [0.2, 0.25) is 0 Å². The van der Waals surface area contributed by atoms with E-state index >= 15 is 26.3 Å². The van der Waals surface area contributed by atoms with Crippen molar-refractivity contribution in [2.24, 2.45) is 0 Å². The largest absolute Gasteiger partial charge is 0.416 e. The van der Waals surface area contributed by atoms with Crippen molar-refractivity contribution in [3.63, 3.8) is 0 Å². The Balaban J connectivity index is 1.17. The molecule has 474 valence electrons. The minimum Gasteiger partial charge on any atom is -0.331 e. The van der Waals surface area contributed by atoms with E-state index in [1.165, 1.54) is 24.3 Å². The van der Waals surface area contributed by atoms with Gasteiger partial charge in [0.25, 0.3) is 0 Å². The van der Waals surface area contributed by atoms with Crippen molar-refractivity contribution in [3.8, 4) is 33.6 Å². The molecule has 0 aliphatic rings. The fourth-order valence-electron chi connectivity index (χ4n) is 16.9. The van der Waals surface area contributed by atoms with Gasteiger partial charge in [-0.25, -0.2) is 0 Å². The normalized spacial score (nSPS) is 13.0. The second-order valence-corrected chi connectivity index (χ2v) is 28.9. The Labute approximate surface area is 565 Å². The van der Waals surface area contributed by atoms with Crippen LogP contribution in [0, 0.1) is 0 Å². The average Bonchev–Trinajstić information content (AvgIpc) is 1.32. The third kappa shape index (κ3) is 8.18. The monoisotopic (exact) mass is 1320 g/mol. The highest BCUT2D eigenvalue weighted by atomic mass is 32.1. The summed E-state index contributed by atoms with van der Waals surface area (Å²) in [6, 6.07) is 86.3. The number of benzene rings is 13. The predicted molar refractivity (Wildman–Crippen MR) is 398 cm³/mol. The lowest BCUT2D eigenvalue weighted by Crippen LogP contribution is -2.35. The summed E-state index contributed by atoms with van der Waals surface area (Å²) in [5.74, 6) is 0. The van der Waals surface area contributed by atoms with Crippen LogP contribution < -0.4 is 0 Å². The summed E-state index contributed by atoms with van der Waals surface area (Å²) in [7, 11) is 0. The SMILES string of the molecule is CC(C)(c1c(-c2cccc(C(F)(F)F)c2)c(-n2c3ccccc3c3c4c(ccc32)sc2ccccc24)c(C(C)(C)n2c3ccccc3c3ccccc32)c(-n2c3ccccc3c3c4c(ccc32)sc2ccccc24)c1-c1cccc(C(F)(F)F)c1)n1c2ccccc2c2ccccc21. The predicted octanol–water partition coefficient (Wildman–Crippen LogP) is 25.8. The van der Waals surface area contributed by atoms with Crippen molar-refractivity contribution in [3.05, 3.63) is 289 Å². The Morgan fingerprint density at radius 1 is 0.265 bits per heavy atom. The topological polar surface area (TPSA) is 19.7 Å². The van der Waals surface area contributed by atoms with E-state index in [4.69, 9.17) is 0 Å². The maximum absolute atomic E-state index is 16.3. The van der Waals surface area contributed by atoms with Crippen molar-refractivity contribution in [2.75, 3.05) is 0 Å². The number of fused-ring (bicyclic) bond motifs is 20. The van der Waals surface area contributed by atoms with Crippen LogP contribution in [0.2, 0.25) is 0 Å². The summed E-state index contributed by atoms with van der Waals surface area (Å²) in [5, 5.41) is 11.8. The zero-order chi connectivity index (χ0) is 66.5. The van der Waals surface area contributed by atoms with Gasteiger partial charge in [-0.3, -0.25) is 0 Å². The Kier molecular flexibility index (Phi) is 12.4. The average molecular weight is 1320 g/mol. The van der Waals surface area contributed by atoms with E-state index in [0.29, 0.717) is 33.6 Å². The van der Waals surface area contributed by atoms with Crippen LogP contribution in [0.4, 0.5) is 26.3 Å². The molecule has 19 rings (SSSR count). The lowest BCUT2D eigenvalue weighted by Gasteiger charge is -2.42. The number of alkyl halides is 6. The number of hydrogen-bond donors (Lipinski definition) is 0. The van der Waals surface area contributed by atoms with E-state index in [2.05, 4.69) is 192 Å². The van der Waals surface area contributed by atoms with Gasteiger partial charge < -0.3 is 18.3 Å². The van der Waals surface area contributed by atoms with Gasteiger partial charge in [0.1, 0.15) is 0 Å².